The van der Waals surface area contributed by atoms with Crippen LogP contribution in [0, 0.1) is 5.92 Å². The van der Waals surface area contributed by atoms with Gasteiger partial charge in [-0.05, 0) is 42.5 Å². The highest BCUT2D eigenvalue weighted by Gasteiger charge is 2.34. The van der Waals surface area contributed by atoms with Crippen LogP contribution in [-0.4, -0.2) is 30.6 Å². The van der Waals surface area contributed by atoms with Crippen LogP contribution in [0.15, 0.2) is 48.1 Å². The molecule has 1 fully saturated rings. The van der Waals surface area contributed by atoms with E-state index >= 15 is 0 Å². The number of nitrogens with zero attached hydrogens (tertiary/aromatic N) is 5. The number of amides is 1. The first-order chi connectivity index (χ1) is 17.0. The molecule has 0 aliphatic heterocycles. The lowest BCUT2D eigenvalue weighted by Gasteiger charge is -2.29. The van der Waals surface area contributed by atoms with Crippen LogP contribution in [-0.2, 0) is 4.79 Å². The molecule has 4 aromatic heterocycles. The number of benzene rings is 1. The number of carbonyl (C=O) groups excluding carboxylic acids is 1. The molecule has 1 amide bonds. The molecule has 0 bridgehead atoms. The molecule has 5 aromatic rings. The van der Waals surface area contributed by atoms with Gasteiger partial charge in [0.1, 0.15) is 17.8 Å². The van der Waals surface area contributed by atoms with Crippen LogP contribution in [0.4, 0.5) is 5.82 Å². The number of nitrogen functional groups attached to an aromatic ring is 1. The van der Waals surface area contributed by atoms with Crippen molar-refractivity contribution in [3.05, 3.63) is 53.1 Å². The third-order valence-corrected chi connectivity index (χ3v) is 7.94. The molecule has 0 radical (unpaired) electrons. The number of halogens is 1. The first-order valence-electron chi connectivity index (χ1n) is 11.4. The van der Waals surface area contributed by atoms with Gasteiger partial charge in [0, 0.05) is 10.9 Å². The number of carbonyl (C=O) groups is 1. The van der Waals surface area contributed by atoms with Crippen LogP contribution in [0.3, 0.4) is 0 Å². The van der Waals surface area contributed by atoms with Gasteiger partial charge in [0.05, 0.1) is 38.5 Å². The van der Waals surface area contributed by atoms with Gasteiger partial charge in [0.2, 0.25) is 5.91 Å². The van der Waals surface area contributed by atoms with E-state index in [4.69, 9.17) is 33.2 Å². The Morgan fingerprint density at radius 3 is 2.80 bits per heavy atom. The average Bonchev–Trinajstić information content (AvgIpc) is 3.53. The molecule has 1 aliphatic carbocycles. The number of hydrogen-bond acceptors (Lipinski definition) is 7. The summed E-state index contributed by atoms with van der Waals surface area (Å²) in [4.78, 5) is 26.9. The van der Waals surface area contributed by atoms with Crippen LogP contribution >= 0.6 is 22.9 Å². The Labute approximate surface area is 210 Å². The summed E-state index contributed by atoms with van der Waals surface area (Å²) in [6.07, 6.45) is 4.87. The van der Waals surface area contributed by atoms with Gasteiger partial charge in [-0.25, -0.2) is 19.6 Å². The van der Waals surface area contributed by atoms with E-state index in [0.717, 1.165) is 47.2 Å². The molecule has 1 aliphatic rings. The van der Waals surface area contributed by atoms with Crippen molar-refractivity contribution in [2.24, 2.45) is 11.7 Å². The lowest BCUT2D eigenvalue weighted by molar-refractivity contribution is -0.124. The number of pyridine rings is 1. The fourth-order valence-corrected chi connectivity index (χ4v) is 5.99. The summed E-state index contributed by atoms with van der Waals surface area (Å²) >= 11 is 8.41. The van der Waals surface area contributed by atoms with Crippen molar-refractivity contribution in [2.75, 3.05) is 5.73 Å². The van der Waals surface area contributed by atoms with Crippen LogP contribution in [0.2, 0.25) is 5.02 Å². The number of anilines is 1. The summed E-state index contributed by atoms with van der Waals surface area (Å²) < 4.78 is 1.80. The van der Waals surface area contributed by atoms with Crippen molar-refractivity contribution in [1.82, 2.24) is 24.7 Å². The predicted molar refractivity (Wildman–Crippen MR) is 139 cm³/mol. The number of hydrogen-bond donors (Lipinski definition) is 2. The summed E-state index contributed by atoms with van der Waals surface area (Å²) in [7, 11) is 0. The largest absolute Gasteiger partial charge is 0.383 e. The minimum Gasteiger partial charge on any atom is -0.383 e. The van der Waals surface area contributed by atoms with Crippen LogP contribution < -0.4 is 11.5 Å². The summed E-state index contributed by atoms with van der Waals surface area (Å²) in [5.74, 6) is -0.340. The van der Waals surface area contributed by atoms with Crippen molar-refractivity contribution in [2.45, 2.75) is 31.7 Å². The molecule has 2 unspecified atom stereocenters. The summed E-state index contributed by atoms with van der Waals surface area (Å²) in [6.45, 7) is 0. The van der Waals surface area contributed by atoms with Gasteiger partial charge in [0.15, 0.2) is 5.65 Å². The Kier molecular flexibility index (Phi) is 5.38. The van der Waals surface area contributed by atoms with Crippen molar-refractivity contribution in [3.8, 4) is 21.8 Å². The van der Waals surface area contributed by atoms with Crippen LogP contribution in [0.25, 0.3) is 43.8 Å². The first kappa shape index (κ1) is 21.9. The predicted octanol–water partition coefficient (Wildman–Crippen LogP) is 5.22. The van der Waals surface area contributed by atoms with Gasteiger partial charge in [0.25, 0.3) is 0 Å². The topological polar surface area (TPSA) is 126 Å². The van der Waals surface area contributed by atoms with Crippen molar-refractivity contribution < 1.29 is 4.79 Å². The number of nitrogens with two attached hydrogens (primary N) is 2. The maximum atomic E-state index is 12.2. The maximum absolute atomic E-state index is 12.2. The highest BCUT2D eigenvalue weighted by molar-refractivity contribution is 7.13. The number of fused-ring (bicyclic) bond motifs is 2. The molecule has 2 atom stereocenters. The maximum Gasteiger partial charge on any atom is 0.222 e. The number of aromatic nitrogens is 5. The molecule has 4 heterocycles. The van der Waals surface area contributed by atoms with E-state index in [-0.39, 0.29) is 17.9 Å². The van der Waals surface area contributed by atoms with Crippen molar-refractivity contribution in [3.63, 3.8) is 0 Å². The molecular weight excluding hydrogens is 482 g/mol. The molecule has 0 spiro atoms. The quantitative estimate of drug-likeness (QED) is 0.346. The molecule has 4 N–H and O–H groups in total. The Morgan fingerprint density at radius 1 is 1.14 bits per heavy atom. The Hall–Kier alpha value is -3.56. The molecule has 8 nitrogen and oxygen atoms in total. The van der Waals surface area contributed by atoms with E-state index in [2.05, 4.69) is 9.97 Å². The first-order valence-corrected chi connectivity index (χ1v) is 12.7. The lowest BCUT2D eigenvalue weighted by Crippen LogP contribution is -2.34. The Bertz CT molecular complexity index is 1580. The van der Waals surface area contributed by atoms with Crippen molar-refractivity contribution in [1.29, 1.82) is 0 Å². The van der Waals surface area contributed by atoms with Crippen LogP contribution in [0.5, 0.6) is 0 Å². The molecule has 10 heteroatoms. The van der Waals surface area contributed by atoms with Gasteiger partial charge in [-0.3, -0.25) is 4.79 Å². The molecule has 1 aromatic carbocycles. The smallest absolute Gasteiger partial charge is 0.222 e. The second kappa shape index (κ2) is 8.58. The lowest BCUT2D eigenvalue weighted by atomic mass is 9.84. The average molecular weight is 504 g/mol. The van der Waals surface area contributed by atoms with Gasteiger partial charge >= 0.3 is 0 Å². The molecule has 0 saturated heterocycles. The zero-order valence-electron chi connectivity index (χ0n) is 18.7. The third-order valence-electron chi connectivity index (χ3n) is 6.73. The molecule has 6 rings (SSSR count). The summed E-state index contributed by atoms with van der Waals surface area (Å²) in [6, 6.07) is 11.7. The Balaban J connectivity index is 1.56. The monoisotopic (exact) mass is 503 g/mol. The summed E-state index contributed by atoms with van der Waals surface area (Å²) in [5.41, 5.74) is 15.6. The second-order valence-corrected chi connectivity index (χ2v) is 10.2. The highest BCUT2D eigenvalue weighted by Crippen LogP contribution is 2.41. The van der Waals surface area contributed by atoms with Crippen molar-refractivity contribution >= 4 is 56.6 Å². The van der Waals surface area contributed by atoms with Gasteiger partial charge in [-0.1, -0.05) is 36.6 Å². The zero-order valence-corrected chi connectivity index (χ0v) is 20.3. The molecule has 1 saturated carbocycles. The minimum absolute atomic E-state index is 0.199. The van der Waals surface area contributed by atoms with E-state index in [9.17, 15) is 4.79 Å². The number of primary amides is 1. The fourth-order valence-electron chi connectivity index (χ4n) is 5.04. The van der Waals surface area contributed by atoms with E-state index in [0.29, 0.717) is 33.1 Å². The molecule has 35 heavy (non-hydrogen) atoms. The third kappa shape index (κ3) is 3.71. The minimum atomic E-state index is -0.323. The Morgan fingerprint density at radius 2 is 2.00 bits per heavy atom. The van der Waals surface area contributed by atoms with E-state index in [1.54, 1.807) is 16.0 Å². The van der Waals surface area contributed by atoms with Crippen LogP contribution in [0.1, 0.15) is 31.7 Å². The standard InChI is InChI=1S/C25H22ClN7OS/c26-16-10-13-7-8-17(20-6-3-9-35-20)31-18(13)11-15(16)22-21-23(27)29-12-30-25(21)33(32-22)19-5-2-1-4-14(19)24(28)34/h3,6-12,14,19H,1-2,4-5H2,(H2,28,34)(H2,27,29,30). The van der Waals surface area contributed by atoms with E-state index < -0.39 is 0 Å². The van der Waals surface area contributed by atoms with E-state index in [1.807, 2.05) is 41.8 Å². The molecule has 176 valence electrons. The fraction of sp³-hybridized carbons (Fsp3) is 0.240. The zero-order chi connectivity index (χ0) is 24.1. The normalized spacial score (nSPS) is 18.3. The number of thiophene rings is 1. The highest BCUT2D eigenvalue weighted by atomic mass is 35.5. The van der Waals surface area contributed by atoms with Gasteiger partial charge in [-0.15, -0.1) is 11.3 Å². The van der Waals surface area contributed by atoms with Gasteiger partial charge < -0.3 is 11.5 Å². The van der Waals surface area contributed by atoms with E-state index in [1.165, 1.54) is 6.33 Å². The summed E-state index contributed by atoms with van der Waals surface area (Å²) in [5, 5.41) is 9.02. The molecular formula is C25H22ClN7OS. The number of rotatable bonds is 4. The SMILES string of the molecule is NC(=O)C1CCCCC1n1nc(-c2cc3nc(-c4cccs4)ccc3cc2Cl)c2c(N)ncnc21. The second-order valence-electron chi connectivity index (χ2n) is 8.81. The van der Waals surface area contributed by atoms with Gasteiger partial charge in [-0.2, -0.15) is 5.10 Å².